The van der Waals surface area contributed by atoms with Gasteiger partial charge in [0.1, 0.15) is 0 Å². The molecule has 7 aliphatic carbocycles. The summed E-state index contributed by atoms with van der Waals surface area (Å²) in [6.45, 7) is 0. The van der Waals surface area contributed by atoms with Gasteiger partial charge >= 0.3 is 0 Å². The SMILES string of the molecule is c1ccc2c(c1)C1c3ccccc3C23CCC32c3ccccc3C1c1ccccc12. The van der Waals surface area contributed by atoms with Crippen LogP contribution >= 0.6 is 0 Å². The monoisotopic (exact) mass is 382 g/mol. The molecule has 30 heavy (non-hydrogen) atoms. The van der Waals surface area contributed by atoms with E-state index >= 15 is 0 Å². The van der Waals surface area contributed by atoms with Crippen molar-refractivity contribution in [1.29, 1.82) is 0 Å². The predicted molar refractivity (Wildman–Crippen MR) is 120 cm³/mol. The fourth-order valence-electron chi connectivity index (χ4n) is 8.05. The molecule has 0 saturated heterocycles. The first-order chi connectivity index (χ1) is 14.9. The van der Waals surface area contributed by atoms with Gasteiger partial charge in [0, 0.05) is 22.7 Å². The predicted octanol–water partition coefficient (Wildman–Crippen LogP) is 6.66. The highest BCUT2D eigenvalue weighted by molar-refractivity contribution is 5.75. The smallest absolute Gasteiger partial charge is 0.0346 e. The molecule has 0 unspecified atom stereocenters. The molecule has 0 aromatic heterocycles. The third-order valence-corrected chi connectivity index (χ3v) is 8.96. The van der Waals surface area contributed by atoms with Crippen LogP contribution in [0.5, 0.6) is 0 Å². The molecule has 4 bridgehead atoms. The molecule has 7 aliphatic rings. The summed E-state index contributed by atoms with van der Waals surface area (Å²) in [4.78, 5) is 0. The van der Waals surface area contributed by atoms with Crippen LogP contribution in [0.25, 0.3) is 0 Å². The maximum absolute atomic E-state index is 2.45. The Kier molecular flexibility index (Phi) is 2.59. The fraction of sp³-hybridized carbons (Fsp3) is 0.200. The Morgan fingerprint density at radius 2 is 0.667 bits per heavy atom. The largest absolute Gasteiger partial charge is 0.0620 e. The fourth-order valence-corrected chi connectivity index (χ4v) is 8.05. The first-order valence-corrected chi connectivity index (χ1v) is 11.3. The molecule has 0 heterocycles. The number of rotatable bonds is 0. The second-order valence-electron chi connectivity index (χ2n) is 9.62. The van der Waals surface area contributed by atoms with Gasteiger partial charge in [-0.3, -0.25) is 0 Å². The summed E-state index contributed by atoms with van der Waals surface area (Å²) in [6.07, 6.45) is 2.45. The van der Waals surface area contributed by atoms with Gasteiger partial charge < -0.3 is 0 Å². The minimum atomic E-state index is 0.0360. The molecule has 4 aromatic rings. The molecular formula is C30H22. The lowest BCUT2D eigenvalue weighted by atomic mass is 9.33. The standard InChI is InChI=1S/C30H22/c1-5-13-23-19(9-1)27-20-10-2-6-14-24(20)29(23)17-18-30(29)25-15-7-3-11-21(25)28(27)22-12-4-8-16-26(22)30/h1-16,27-28H,17-18H2. The highest BCUT2D eigenvalue weighted by Crippen LogP contribution is 2.75. The van der Waals surface area contributed by atoms with Crippen LogP contribution in [0.3, 0.4) is 0 Å². The van der Waals surface area contributed by atoms with Gasteiger partial charge in [-0.15, -0.1) is 0 Å². The first-order valence-electron chi connectivity index (χ1n) is 11.3. The molecule has 0 aliphatic heterocycles. The zero-order valence-corrected chi connectivity index (χ0v) is 16.8. The maximum atomic E-state index is 2.45. The summed E-state index contributed by atoms with van der Waals surface area (Å²) in [5.74, 6) is 0.758. The molecule has 0 radical (unpaired) electrons. The van der Waals surface area contributed by atoms with Crippen LogP contribution in [0.1, 0.15) is 69.2 Å². The van der Waals surface area contributed by atoms with E-state index in [1.165, 1.54) is 12.8 Å². The van der Waals surface area contributed by atoms with Crippen molar-refractivity contribution in [3.63, 3.8) is 0 Å². The second kappa shape index (κ2) is 4.95. The normalized spacial score (nSPS) is 30.7. The maximum Gasteiger partial charge on any atom is 0.0346 e. The summed E-state index contributed by atoms with van der Waals surface area (Å²) in [7, 11) is 0. The lowest BCUT2D eigenvalue weighted by molar-refractivity contribution is 0.130. The molecular weight excluding hydrogens is 360 g/mol. The minimum absolute atomic E-state index is 0.0360. The quantitative estimate of drug-likeness (QED) is 0.319. The van der Waals surface area contributed by atoms with Crippen LogP contribution < -0.4 is 0 Å². The summed E-state index contributed by atoms with van der Waals surface area (Å²) < 4.78 is 0. The average Bonchev–Trinajstić information content (AvgIpc) is 2.80. The number of hydrogen-bond acceptors (Lipinski definition) is 0. The Balaban J connectivity index is 1.66. The van der Waals surface area contributed by atoms with Gasteiger partial charge in [0.2, 0.25) is 0 Å². The van der Waals surface area contributed by atoms with E-state index in [2.05, 4.69) is 97.1 Å². The van der Waals surface area contributed by atoms with Crippen molar-refractivity contribution in [1.82, 2.24) is 0 Å². The highest BCUT2D eigenvalue weighted by atomic mass is 14.7. The van der Waals surface area contributed by atoms with Crippen molar-refractivity contribution in [2.75, 3.05) is 0 Å². The van der Waals surface area contributed by atoms with Crippen LogP contribution in [0.2, 0.25) is 0 Å². The van der Waals surface area contributed by atoms with Gasteiger partial charge in [0.15, 0.2) is 0 Å². The lowest BCUT2D eigenvalue weighted by Crippen LogP contribution is -2.64. The van der Waals surface area contributed by atoms with E-state index in [4.69, 9.17) is 0 Å². The second-order valence-corrected chi connectivity index (χ2v) is 9.62. The minimum Gasteiger partial charge on any atom is -0.0620 e. The molecule has 0 atom stereocenters. The van der Waals surface area contributed by atoms with Crippen LogP contribution in [0.15, 0.2) is 97.1 Å². The van der Waals surface area contributed by atoms with E-state index in [1.54, 1.807) is 44.5 Å². The Bertz CT molecular complexity index is 1170. The Morgan fingerprint density at radius 3 is 0.933 bits per heavy atom. The van der Waals surface area contributed by atoms with Crippen molar-refractivity contribution < 1.29 is 0 Å². The summed E-state index contributed by atoms with van der Waals surface area (Å²) in [5.41, 5.74) is 12.7. The molecule has 0 heteroatoms. The zero-order chi connectivity index (χ0) is 19.5. The number of benzene rings is 4. The molecule has 2 spiro atoms. The molecule has 0 N–H and O–H groups in total. The molecule has 142 valence electrons. The van der Waals surface area contributed by atoms with E-state index in [0.29, 0.717) is 11.8 Å². The molecule has 0 amide bonds. The van der Waals surface area contributed by atoms with E-state index in [9.17, 15) is 0 Å². The van der Waals surface area contributed by atoms with Gasteiger partial charge in [-0.1, -0.05) is 97.1 Å². The van der Waals surface area contributed by atoms with Crippen molar-refractivity contribution in [2.24, 2.45) is 0 Å². The van der Waals surface area contributed by atoms with Crippen LogP contribution in [0, 0.1) is 0 Å². The van der Waals surface area contributed by atoms with Gasteiger partial charge in [-0.25, -0.2) is 0 Å². The first kappa shape index (κ1) is 15.7. The summed E-state index contributed by atoms with van der Waals surface area (Å²) >= 11 is 0. The Morgan fingerprint density at radius 1 is 0.400 bits per heavy atom. The van der Waals surface area contributed by atoms with Gasteiger partial charge in [-0.05, 0) is 57.3 Å². The van der Waals surface area contributed by atoms with Crippen molar-refractivity contribution in [2.45, 2.75) is 35.5 Å². The molecule has 1 saturated carbocycles. The third-order valence-electron chi connectivity index (χ3n) is 8.96. The van der Waals surface area contributed by atoms with E-state index in [1.807, 2.05) is 0 Å². The van der Waals surface area contributed by atoms with Gasteiger partial charge in [0.05, 0.1) is 0 Å². The molecule has 4 aromatic carbocycles. The summed E-state index contributed by atoms with van der Waals surface area (Å²) in [6, 6.07) is 37.6. The topological polar surface area (TPSA) is 0 Å². The molecule has 11 rings (SSSR count). The third kappa shape index (κ3) is 1.39. The van der Waals surface area contributed by atoms with Crippen LogP contribution in [-0.4, -0.2) is 0 Å². The Hall–Kier alpha value is -3.12. The van der Waals surface area contributed by atoms with Crippen molar-refractivity contribution in [3.8, 4) is 0 Å². The zero-order valence-electron chi connectivity index (χ0n) is 16.8. The van der Waals surface area contributed by atoms with Crippen LogP contribution in [-0.2, 0) is 10.8 Å². The van der Waals surface area contributed by atoms with E-state index in [0.717, 1.165) is 0 Å². The molecule has 0 nitrogen and oxygen atoms in total. The van der Waals surface area contributed by atoms with E-state index in [-0.39, 0.29) is 10.8 Å². The number of hydrogen-bond donors (Lipinski definition) is 0. The van der Waals surface area contributed by atoms with Crippen molar-refractivity contribution in [3.05, 3.63) is 142 Å². The molecule has 1 fully saturated rings. The van der Waals surface area contributed by atoms with Gasteiger partial charge in [0.25, 0.3) is 0 Å². The Labute approximate surface area is 177 Å². The van der Waals surface area contributed by atoms with Crippen LogP contribution in [0.4, 0.5) is 0 Å². The highest BCUT2D eigenvalue weighted by Gasteiger charge is 2.69. The summed E-state index contributed by atoms with van der Waals surface area (Å²) in [5, 5.41) is 0. The van der Waals surface area contributed by atoms with Crippen molar-refractivity contribution >= 4 is 0 Å². The van der Waals surface area contributed by atoms with Gasteiger partial charge in [-0.2, -0.15) is 0 Å². The average molecular weight is 383 g/mol. The lowest BCUT2D eigenvalue weighted by Gasteiger charge is -2.68. The van der Waals surface area contributed by atoms with E-state index < -0.39 is 0 Å².